The molecule has 0 spiro atoms. The highest BCUT2D eigenvalue weighted by Crippen LogP contribution is 2.34. The molecule has 0 atom stereocenters. The minimum atomic E-state index is -3.72. The molecule has 2 aromatic carbocycles. The number of sulfonamides is 1. The minimum Gasteiger partial charge on any atom is -0.490 e. The van der Waals surface area contributed by atoms with E-state index in [1.54, 1.807) is 29.2 Å². The smallest absolute Gasteiger partial charge is 0.254 e. The van der Waals surface area contributed by atoms with Crippen molar-refractivity contribution in [3.05, 3.63) is 77.2 Å². The van der Waals surface area contributed by atoms with Crippen LogP contribution in [0.2, 0.25) is 0 Å². The quantitative estimate of drug-likeness (QED) is 0.497. The first-order valence-corrected chi connectivity index (χ1v) is 12.7. The van der Waals surface area contributed by atoms with E-state index in [0.717, 1.165) is 16.9 Å². The molecule has 0 saturated carbocycles. The largest absolute Gasteiger partial charge is 0.490 e. The normalized spacial score (nSPS) is 13.4. The Hall–Kier alpha value is -3.30. The van der Waals surface area contributed by atoms with E-state index in [0.29, 0.717) is 49.8 Å². The summed E-state index contributed by atoms with van der Waals surface area (Å²) in [5.41, 5.74) is 2.59. The first kappa shape index (κ1) is 23.8. The molecule has 0 aliphatic carbocycles. The molecule has 8 nitrogen and oxygen atoms in total. The predicted octanol–water partition coefficient (Wildman–Crippen LogP) is 3.75. The number of fused-ring (bicyclic) bond motifs is 1. The first-order valence-electron chi connectivity index (χ1n) is 11.2. The number of rotatable bonds is 9. The molecule has 2 heterocycles. The zero-order valence-corrected chi connectivity index (χ0v) is 20.1. The van der Waals surface area contributed by atoms with Crippen LogP contribution in [0.15, 0.2) is 64.1 Å². The van der Waals surface area contributed by atoms with Crippen LogP contribution in [0, 0.1) is 0 Å². The van der Waals surface area contributed by atoms with Gasteiger partial charge >= 0.3 is 0 Å². The summed E-state index contributed by atoms with van der Waals surface area (Å²) in [6, 6.07) is 13.3. The Labute approximate surface area is 199 Å². The summed E-state index contributed by atoms with van der Waals surface area (Å²) in [7, 11) is -3.72. The average molecular weight is 485 g/mol. The third-order valence-electron chi connectivity index (χ3n) is 5.59. The molecular weight excluding hydrogens is 456 g/mol. The second-order valence-electron chi connectivity index (χ2n) is 7.84. The summed E-state index contributed by atoms with van der Waals surface area (Å²) >= 11 is 0. The summed E-state index contributed by atoms with van der Waals surface area (Å²) in [5.74, 6) is 1.76. The monoisotopic (exact) mass is 484 g/mol. The summed E-state index contributed by atoms with van der Waals surface area (Å²) in [4.78, 5) is 15.0. The first-order chi connectivity index (χ1) is 16.4. The lowest BCUT2D eigenvalue weighted by Gasteiger charge is -2.30. The maximum absolute atomic E-state index is 13.1. The van der Waals surface area contributed by atoms with Crippen LogP contribution >= 0.6 is 0 Å². The molecule has 1 aliphatic rings. The van der Waals surface area contributed by atoms with Gasteiger partial charge in [0.25, 0.3) is 5.91 Å². The number of benzene rings is 2. The van der Waals surface area contributed by atoms with Gasteiger partial charge in [-0.1, -0.05) is 0 Å². The fourth-order valence-electron chi connectivity index (χ4n) is 3.90. The Kier molecular flexibility index (Phi) is 7.23. The molecule has 1 amide bonds. The van der Waals surface area contributed by atoms with Crippen molar-refractivity contribution in [1.29, 1.82) is 0 Å². The van der Waals surface area contributed by atoms with Crippen LogP contribution < -0.4 is 14.2 Å². The third-order valence-corrected chi connectivity index (χ3v) is 7.01. The minimum absolute atomic E-state index is 0.0535. The maximum atomic E-state index is 13.1. The van der Waals surface area contributed by atoms with E-state index < -0.39 is 10.0 Å². The molecule has 0 radical (unpaired) electrons. The van der Waals surface area contributed by atoms with Crippen molar-refractivity contribution in [2.24, 2.45) is 0 Å². The van der Waals surface area contributed by atoms with Crippen molar-refractivity contribution in [3.63, 3.8) is 0 Å². The van der Waals surface area contributed by atoms with E-state index >= 15 is 0 Å². The molecule has 0 fully saturated rings. The van der Waals surface area contributed by atoms with E-state index in [-0.39, 0.29) is 17.3 Å². The Morgan fingerprint density at radius 2 is 1.71 bits per heavy atom. The van der Waals surface area contributed by atoms with Gasteiger partial charge in [0, 0.05) is 18.7 Å². The number of ether oxygens (including phenoxy) is 2. The van der Waals surface area contributed by atoms with Gasteiger partial charge in [0.1, 0.15) is 5.76 Å². The number of furan rings is 1. The second kappa shape index (κ2) is 10.3. The summed E-state index contributed by atoms with van der Waals surface area (Å²) in [6.45, 7) is 5.99. The molecule has 1 N–H and O–H groups in total. The lowest BCUT2D eigenvalue weighted by molar-refractivity contribution is 0.0734. The van der Waals surface area contributed by atoms with Gasteiger partial charge < -0.3 is 18.8 Å². The molecular formula is C25H28N2O6S. The molecule has 0 saturated heterocycles. The molecule has 180 valence electrons. The van der Waals surface area contributed by atoms with Gasteiger partial charge in [0.2, 0.25) is 10.0 Å². The Bertz CT molecular complexity index is 1240. The third kappa shape index (κ3) is 5.26. The average Bonchev–Trinajstić information content (AvgIpc) is 3.37. The molecule has 0 unspecified atom stereocenters. The van der Waals surface area contributed by atoms with Crippen LogP contribution in [0.3, 0.4) is 0 Å². The Morgan fingerprint density at radius 1 is 1.03 bits per heavy atom. The number of nitrogens with one attached hydrogen (secondary N) is 1. The lowest BCUT2D eigenvalue weighted by atomic mass is 9.98. The number of amides is 1. The SMILES string of the molecule is CCOc1cc2c(cc1OCC)CN(C(=O)c1ccc(S(=O)(=O)NCc3ccco3)cc1)CC2. The highest BCUT2D eigenvalue weighted by atomic mass is 32.2. The van der Waals surface area contributed by atoms with Crippen molar-refractivity contribution < 1.29 is 27.1 Å². The van der Waals surface area contributed by atoms with Gasteiger partial charge in [-0.05, 0) is 79.9 Å². The molecule has 3 aromatic rings. The number of hydrogen-bond acceptors (Lipinski definition) is 6. The number of carbonyl (C=O) groups is 1. The molecule has 9 heteroatoms. The van der Waals surface area contributed by atoms with Crippen LogP contribution in [0.4, 0.5) is 0 Å². The van der Waals surface area contributed by atoms with Gasteiger partial charge in [-0.25, -0.2) is 13.1 Å². The van der Waals surface area contributed by atoms with E-state index in [2.05, 4.69) is 4.72 Å². The number of hydrogen-bond donors (Lipinski definition) is 1. The zero-order chi connectivity index (χ0) is 24.1. The number of carbonyl (C=O) groups excluding carboxylic acids is 1. The van der Waals surface area contributed by atoms with Crippen LogP contribution in [0.5, 0.6) is 11.5 Å². The zero-order valence-electron chi connectivity index (χ0n) is 19.2. The Balaban J connectivity index is 1.46. The molecule has 1 aromatic heterocycles. The topological polar surface area (TPSA) is 98.1 Å². The van der Waals surface area contributed by atoms with Crippen molar-refractivity contribution in [1.82, 2.24) is 9.62 Å². The summed E-state index contributed by atoms with van der Waals surface area (Å²) in [6.07, 6.45) is 2.19. The predicted molar refractivity (Wildman–Crippen MR) is 126 cm³/mol. The van der Waals surface area contributed by atoms with E-state index in [4.69, 9.17) is 13.9 Å². The van der Waals surface area contributed by atoms with E-state index in [9.17, 15) is 13.2 Å². The van der Waals surface area contributed by atoms with Gasteiger partial charge in [-0.3, -0.25) is 4.79 Å². The van der Waals surface area contributed by atoms with Gasteiger partial charge in [0.05, 0.1) is 30.9 Å². The highest BCUT2D eigenvalue weighted by Gasteiger charge is 2.24. The van der Waals surface area contributed by atoms with Crippen LogP contribution in [-0.2, 0) is 29.5 Å². The van der Waals surface area contributed by atoms with Gasteiger partial charge in [-0.15, -0.1) is 0 Å². The fraction of sp³-hybridized carbons (Fsp3) is 0.320. The van der Waals surface area contributed by atoms with Crippen molar-refractivity contribution in [2.45, 2.75) is 38.3 Å². The van der Waals surface area contributed by atoms with Crippen molar-refractivity contribution in [2.75, 3.05) is 19.8 Å². The molecule has 0 bridgehead atoms. The van der Waals surface area contributed by atoms with Crippen molar-refractivity contribution in [3.8, 4) is 11.5 Å². The summed E-state index contributed by atoms with van der Waals surface area (Å²) < 4.78 is 44.2. The van der Waals surface area contributed by atoms with Crippen LogP contribution in [0.25, 0.3) is 0 Å². The van der Waals surface area contributed by atoms with Gasteiger partial charge in [-0.2, -0.15) is 0 Å². The molecule has 4 rings (SSSR count). The molecule has 1 aliphatic heterocycles. The van der Waals surface area contributed by atoms with Crippen molar-refractivity contribution >= 4 is 15.9 Å². The fourth-order valence-corrected chi connectivity index (χ4v) is 4.89. The van der Waals surface area contributed by atoms with Crippen LogP contribution in [-0.4, -0.2) is 39.0 Å². The maximum Gasteiger partial charge on any atom is 0.254 e. The standard InChI is InChI=1S/C25H28N2O6S/c1-3-31-23-14-19-11-12-27(17-20(19)15-24(23)32-4-2)25(28)18-7-9-22(10-8-18)34(29,30)26-16-21-6-5-13-33-21/h5-10,13-15,26H,3-4,11-12,16-17H2,1-2H3. The van der Waals surface area contributed by atoms with E-state index in [1.165, 1.54) is 18.4 Å². The summed E-state index contributed by atoms with van der Waals surface area (Å²) in [5, 5.41) is 0. The lowest BCUT2D eigenvalue weighted by Crippen LogP contribution is -2.36. The van der Waals surface area contributed by atoms with E-state index in [1.807, 2.05) is 26.0 Å². The molecule has 34 heavy (non-hydrogen) atoms. The number of nitrogens with zero attached hydrogens (tertiary/aromatic N) is 1. The highest BCUT2D eigenvalue weighted by molar-refractivity contribution is 7.89. The Morgan fingerprint density at radius 3 is 2.32 bits per heavy atom. The van der Waals surface area contributed by atoms with Crippen LogP contribution in [0.1, 0.15) is 41.1 Å². The van der Waals surface area contributed by atoms with Gasteiger partial charge in [0.15, 0.2) is 11.5 Å². The second-order valence-corrected chi connectivity index (χ2v) is 9.61.